The van der Waals surface area contributed by atoms with Gasteiger partial charge in [0.1, 0.15) is 5.75 Å². The van der Waals surface area contributed by atoms with Crippen LogP contribution in [0.4, 0.5) is 18.3 Å². The highest BCUT2D eigenvalue weighted by Crippen LogP contribution is 2.32. The lowest BCUT2D eigenvalue weighted by molar-refractivity contribution is -0.140. The summed E-state index contributed by atoms with van der Waals surface area (Å²) in [5.74, 6) is -0.247. The van der Waals surface area contributed by atoms with Crippen LogP contribution in [0.15, 0.2) is 29.6 Å². The van der Waals surface area contributed by atoms with Crippen LogP contribution in [0.5, 0.6) is 5.75 Å². The van der Waals surface area contributed by atoms with Gasteiger partial charge < -0.3 is 4.74 Å². The van der Waals surface area contributed by atoms with Gasteiger partial charge >= 0.3 is 6.18 Å². The first kappa shape index (κ1) is 14.3. The number of hydrogen-bond acceptors (Lipinski definition) is 4. The first-order valence-corrected chi connectivity index (χ1v) is 6.27. The lowest BCUT2D eigenvalue weighted by Crippen LogP contribution is -2.13. The fourth-order valence-electron chi connectivity index (χ4n) is 1.46. The van der Waals surface area contributed by atoms with Gasteiger partial charge in [-0.2, -0.15) is 13.2 Å². The molecule has 0 aliphatic heterocycles. The van der Waals surface area contributed by atoms with Crippen LogP contribution >= 0.6 is 11.3 Å². The van der Waals surface area contributed by atoms with Gasteiger partial charge in [-0.25, -0.2) is 4.98 Å². The average Bonchev–Trinajstić information content (AvgIpc) is 2.87. The number of rotatable bonds is 3. The van der Waals surface area contributed by atoms with Crippen molar-refractivity contribution < 1.29 is 22.7 Å². The molecule has 0 unspecified atom stereocenters. The Kier molecular flexibility index (Phi) is 3.93. The summed E-state index contributed by atoms with van der Waals surface area (Å²) in [7, 11) is 1.40. The molecule has 0 radical (unpaired) electrons. The third kappa shape index (κ3) is 3.08. The van der Waals surface area contributed by atoms with E-state index < -0.39 is 17.8 Å². The average molecular weight is 302 g/mol. The fourth-order valence-corrected chi connectivity index (χ4v) is 2.17. The Morgan fingerprint density at radius 1 is 1.35 bits per heavy atom. The molecule has 1 aromatic heterocycles. The number of carbonyl (C=O) groups excluding carboxylic acids is 1. The summed E-state index contributed by atoms with van der Waals surface area (Å²) in [4.78, 5) is 15.3. The normalized spacial score (nSPS) is 11.2. The van der Waals surface area contributed by atoms with Crippen molar-refractivity contribution in [3.63, 3.8) is 0 Å². The number of anilines is 1. The van der Waals surface area contributed by atoms with Crippen molar-refractivity contribution in [1.82, 2.24) is 4.98 Å². The zero-order valence-corrected chi connectivity index (χ0v) is 11.0. The number of nitrogens with zero attached hydrogens (tertiary/aromatic N) is 1. The Bertz CT molecular complexity index is 625. The first-order chi connectivity index (χ1) is 9.41. The number of aromatic nitrogens is 1. The molecule has 2 rings (SSSR count). The quantitative estimate of drug-likeness (QED) is 0.945. The van der Waals surface area contributed by atoms with E-state index >= 15 is 0 Å². The Balaban J connectivity index is 2.18. The minimum Gasteiger partial charge on any atom is -0.496 e. The predicted molar refractivity (Wildman–Crippen MR) is 68.1 cm³/mol. The minimum atomic E-state index is -4.52. The topological polar surface area (TPSA) is 51.2 Å². The zero-order chi connectivity index (χ0) is 14.8. The Hall–Kier alpha value is -2.09. The van der Waals surface area contributed by atoms with E-state index in [9.17, 15) is 18.0 Å². The fraction of sp³-hybridized carbons (Fsp3) is 0.167. The molecule has 1 N–H and O–H groups in total. The summed E-state index contributed by atoms with van der Waals surface area (Å²) < 4.78 is 42.2. The summed E-state index contributed by atoms with van der Waals surface area (Å²) in [5, 5.41) is 3.04. The molecule has 0 saturated carbocycles. The molecule has 1 aromatic carbocycles. The highest BCUT2D eigenvalue weighted by Gasteiger charge is 2.34. The third-order valence-electron chi connectivity index (χ3n) is 2.37. The largest absolute Gasteiger partial charge is 0.496 e. The number of thiazole rings is 1. The highest BCUT2D eigenvalue weighted by atomic mass is 32.1. The van der Waals surface area contributed by atoms with Crippen LogP contribution < -0.4 is 10.1 Å². The summed E-state index contributed by atoms with van der Waals surface area (Å²) in [6.45, 7) is 0. The minimum absolute atomic E-state index is 0.117. The molecule has 0 atom stereocenters. The van der Waals surface area contributed by atoms with Crippen LogP contribution in [0.25, 0.3) is 0 Å². The van der Waals surface area contributed by atoms with Gasteiger partial charge in [0.05, 0.1) is 12.7 Å². The van der Waals surface area contributed by atoms with Gasteiger partial charge in [0, 0.05) is 5.38 Å². The molecule has 8 heteroatoms. The van der Waals surface area contributed by atoms with Crippen LogP contribution in [-0.2, 0) is 6.18 Å². The second kappa shape index (κ2) is 5.49. The van der Waals surface area contributed by atoms with Gasteiger partial charge in [0.2, 0.25) is 0 Å². The molecule has 1 amide bonds. The zero-order valence-electron chi connectivity index (χ0n) is 10.2. The molecular formula is C12H9F3N2O2S. The monoisotopic (exact) mass is 302 g/mol. The van der Waals surface area contributed by atoms with Crippen molar-refractivity contribution in [2.45, 2.75) is 6.18 Å². The molecule has 0 saturated heterocycles. The van der Waals surface area contributed by atoms with Crippen molar-refractivity contribution in [1.29, 1.82) is 0 Å². The van der Waals surface area contributed by atoms with E-state index in [2.05, 4.69) is 10.3 Å². The van der Waals surface area contributed by atoms with Gasteiger partial charge in [-0.15, -0.1) is 11.3 Å². The molecule has 0 aliphatic carbocycles. The number of carbonyl (C=O) groups is 1. The van der Waals surface area contributed by atoms with Crippen LogP contribution in [0, 0.1) is 0 Å². The number of para-hydroxylation sites is 1. The summed E-state index contributed by atoms with van der Waals surface area (Å²) >= 11 is 0.709. The van der Waals surface area contributed by atoms with Crippen molar-refractivity contribution >= 4 is 22.4 Å². The van der Waals surface area contributed by atoms with Gasteiger partial charge in [-0.1, -0.05) is 12.1 Å². The molecule has 0 spiro atoms. The van der Waals surface area contributed by atoms with E-state index in [4.69, 9.17) is 4.74 Å². The molecule has 2 aromatic rings. The maximum Gasteiger partial charge on any atom is 0.434 e. The molecule has 106 valence electrons. The van der Waals surface area contributed by atoms with E-state index in [1.54, 1.807) is 18.2 Å². The van der Waals surface area contributed by atoms with Crippen molar-refractivity contribution in [2.24, 2.45) is 0 Å². The third-order valence-corrected chi connectivity index (χ3v) is 3.12. The SMILES string of the molecule is COc1ccccc1C(=O)Nc1nc(C(F)(F)F)cs1. The summed E-state index contributed by atoms with van der Waals surface area (Å²) in [6.07, 6.45) is -4.52. The second-order valence-electron chi connectivity index (χ2n) is 3.69. The van der Waals surface area contributed by atoms with E-state index in [0.717, 1.165) is 5.38 Å². The molecule has 0 aliphatic rings. The molecule has 1 heterocycles. The lowest BCUT2D eigenvalue weighted by atomic mass is 10.2. The van der Waals surface area contributed by atoms with E-state index in [0.29, 0.717) is 17.1 Å². The number of hydrogen-bond donors (Lipinski definition) is 1. The van der Waals surface area contributed by atoms with Crippen molar-refractivity contribution in [3.05, 3.63) is 40.9 Å². The highest BCUT2D eigenvalue weighted by molar-refractivity contribution is 7.14. The number of nitrogens with one attached hydrogen (secondary N) is 1. The van der Waals surface area contributed by atoms with E-state index in [1.807, 2.05) is 0 Å². The summed E-state index contributed by atoms with van der Waals surface area (Å²) in [5.41, 5.74) is -0.809. The predicted octanol–water partition coefficient (Wildman–Crippen LogP) is 3.42. The van der Waals surface area contributed by atoms with Crippen molar-refractivity contribution in [2.75, 3.05) is 12.4 Å². The number of methoxy groups -OCH3 is 1. The standard InChI is InChI=1S/C12H9F3N2O2S/c1-19-8-5-3-2-4-7(8)10(18)17-11-16-9(6-20-11)12(13,14)15/h2-6H,1H3,(H,16,17,18). The van der Waals surface area contributed by atoms with E-state index in [1.165, 1.54) is 13.2 Å². The number of alkyl halides is 3. The molecule has 0 fully saturated rings. The number of benzene rings is 1. The van der Waals surface area contributed by atoms with Gasteiger partial charge in [0.25, 0.3) is 5.91 Å². The molecular weight excluding hydrogens is 293 g/mol. The van der Waals surface area contributed by atoms with Gasteiger partial charge in [-0.3, -0.25) is 10.1 Å². The second-order valence-corrected chi connectivity index (χ2v) is 4.55. The van der Waals surface area contributed by atoms with Crippen molar-refractivity contribution in [3.8, 4) is 5.75 Å². The first-order valence-electron chi connectivity index (χ1n) is 5.39. The van der Waals surface area contributed by atoms with Crippen LogP contribution in [0.2, 0.25) is 0 Å². The maximum absolute atomic E-state index is 12.4. The maximum atomic E-state index is 12.4. The molecule has 0 bridgehead atoms. The Morgan fingerprint density at radius 3 is 2.65 bits per heavy atom. The van der Waals surface area contributed by atoms with Crippen LogP contribution in [0.1, 0.15) is 16.1 Å². The van der Waals surface area contributed by atoms with E-state index in [-0.39, 0.29) is 10.7 Å². The smallest absolute Gasteiger partial charge is 0.434 e. The van der Waals surface area contributed by atoms with Gasteiger partial charge in [-0.05, 0) is 12.1 Å². The molecule has 20 heavy (non-hydrogen) atoms. The van der Waals surface area contributed by atoms with Gasteiger partial charge in [0.15, 0.2) is 10.8 Å². The number of halogens is 3. The molecule has 4 nitrogen and oxygen atoms in total. The van der Waals surface area contributed by atoms with Crippen LogP contribution in [0.3, 0.4) is 0 Å². The Morgan fingerprint density at radius 2 is 2.05 bits per heavy atom. The van der Waals surface area contributed by atoms with Crippen LogP contribution in [-0.4, -0.2) is 18.0 Å². The number of ether oxygens (including phenoxy) is 1. The summed E-state index contributed by atoms with van der Waals surface area (Å²) in [6, 6.07) is 6.39. The Labute approximate surface area is 116 Å². The lowest BCUT2D eigenvalue weighted by Gasteiger charge is -2.07. The number of amides is 1.